The highest BCUT2D eigenvalue weighted by atomic mass is 32.2. The van der Waals surface area contributed by atoms with E-state index in [1.165, 1.54) is 14.2 Å². The lowest BCUT2D eigenvalue weighted by atomic mass is 10.2. The molecule has 84 valence electrons. The molecule has 0 spiro atoms. The summed E-state index contributed by atoms with van der Waals surface area (Å²) in [7, 11) is -0.568. The molecule has 0 radical (unpaired) electrons. The van der Waals surface area contributed by atoms with Crippen molar-refractivity contribution < 1.29 is 17.9 Å². The molecule has 5 nitrogen and oxygen atoms in total. The lowest BCUT2D eigenvalue weighted by Gasteiger charge is -2.09. The standard InChI is InChI=1S/C9H13NO4S/c1-13-8-4-3-7(6-15(10,11)12)9(5-8)14-2/h3-5H,6H2,1-2H3,(H2,10,11,12). The fourth-order valence-corrected chi connectivity index (χ4v) is 1.86. The number of benzene rings is 1. The summed E-state index contributed by atoms with van der Waals surface area (Å²) in [6.45, 7) is 0. The van der Waals surface area contributed by atoms with Gasteiger partial charge in [-0.3, -0.25) is 0 Å². The van der Waals surface area contributed by atoms with Gasteiger partial charge in [0.25, 0.3) is 0 Å². The maximum atomic E-state index is 10.9. The normalized spacial score (nSPS) is 11.1. The van der Waals surface area contributed by atoms with E-state index in [-0.39, 0.29) is 5.75 Å². The first kappa shape index (κ1) is 11.8. The van der Waals surface area contributed by atoms with E-state index in [1.807, 2.05) is 0 Å². The second kappa shape index (κ2) is 4.50. The number of nitrogens with two attached hydrogens (primary N) is 1. The average molecular weight is 231 g/mol. The monoisotopic (exact) mass is 231 g/mol. The van der Waals surface area contributed by atoms with Crippen molar-refractivity contribution in [3.63, 3.8) is 0 Å². The topological polar surface area (TPSA) is 78.6 Å². The van der Waals surface area contributed by atoms with Crippen molar-refractivity contribution >= 4 is 10.0 Å². The van der Waals surface area contributed by atoms with Crippen molar-refractivity contribution in [2.45, 2.75) is 5.75 Å². The molecule has 1 aromatic rings. The number of hydrogen-bond donors (Lipinski definition) is 1. The molecular formula is C9H13NO4S. The van der Waals surface area contributed by atoms with E-state index in [9.17, 15) is 8.42 Å². The van der Waals surface area contributed by atoms with Crippen LogP contribution in [0.5, 0.6) is 11.5 Å². The van der Waals surface area contributed by atoms with Gasteiger partial charge in [-0.1, -0.05) is 6.07 Å². The van der Waals surface area contributed by atoms with E-state index in [1.54, 1.807) is 18.2 Å². The van der Waals surface area contributed by atoms with Gasteiger partial charge >= 0.3 is 0 Å². The van der Waals surface area contributed by atoms with Crippen LogP contribution < -0.4 is 14.6 Å². The van der Waals surface area contributed by atoms with E-state index in [2.05, 4.69) is 0 Å². The zero-order chi connectivity index (χ0) is 11.5. The molecule has 0 atom stereocenters. The Morgan fingerprint density at radius 2 is 1.93 bits per heavy atom. The lowest BCUT2D eigenvalue weighted by molar-refractivity contribution is 0.392. The van der Waals surface area contributed by atoms with Crippen molar-refractivity contribution in [1.82, 2.24) is 0 Å². The summed E-state index contributed by atoms with van der Waals surface area (Å²) in [4.78, 5) is 0. The van der Waals surface area contributed by atoms with Gasteiger partial charge in [0, 0.05) is 11.6 Å². The molecule has 0 saturated heterocycles. The summed E-state index contributed by atoms with van der Waals surface area (Å²) in [5.74, 6) is 0.800. The van der Waals surface area contributed by atoms with E-state index in [4.69, 9.17) is 14.6 Å². The number of sulfonamides is 1. The molecule has 0 fully saturated rings. The van der Waals surface area contributed by atoms with Gasteiger partial charge in [0.1, 0.15) is 11.5 Å². The predicted molar refractivity (Wildman–Crippen MR) is 56.4 cm³/mol. The van der Waals surface area contributed by atoms with Crippen LogP contribution >= 0.6 is 0 Å². The molecular weight excluding hydrogens is 218 g/mol. The molecule has 0 unspecified atom stereocenters. The van der Waals surface area contributed by atoms with Gasteiger partial charge in [-0.25, -0.2) is 13.6 Å². The molecule has 0 aliphatic rings. The first-order valence-electron chi connectivity index (χ1n) is 4.17. The summed E-state index contributed by atoms with van der Waals surface area (Å²) in [5, 5.41) is 4.95. The van der Waals surface area contributed by atoms with Crippen LogP contribution in [0.4, 0.5) is 0 Å². The molecule has 6 heteroatoms. The third-order valence-corrected chi connectivity index (χ3v) is 2.56. The summed E-state index contributed by atoms with van der Waals surface area (Å²) >= 11 is 0. The van der Waals surface area contributed by atoms with Crippen LogP contribution in [0.1, 0.15) is 5.56 Å². The minimum atomic E-state index is -3.55. The zero-order valence-corrected chi connectivity index (χ0v) is 9.37. The highest BCUT2D eigenvalue weighted by Crippen LogP contribution is 2.25. The van der Waals surface area contributed by atoms with Gasteiger partial charge in [0.2, 0.25) is 10.0 Å². The van der Waals surface area contributed by atoms with Gasteiger partial charge in [-0.2, -0.15) is 0 Å². The molecule has 0 aliphatic heterocycles. The molecule has 15 heavy (non-hydrogen) atoms. The van der Waals surface area contributed by atoms with Crippen LogP contribution in [0.15, 0.2) is 18.2 Å². The first-order valence-corrected chi connectivity index (χ1v) is 5.89. The van der Waals surface area contributed by atoms with Crippen LogP contribution in [-0.4, -0.2) is 22.6 Å². The van der Waals surface area contributed by atoms with Crippen LogP contribution in [-0.2, 0) is 15.8 Å². The van der Waals surface area contributed by atoms with E-state index >= 15 is 0 Å². The Morgan fingerprint density at radius 3 is 2.40 bits per heavy atom. The third-order valence-electron chi connectivity index (χ3n) is 1.85. The molecule has 2 N–H and O–H groups in total. The highest BCUT2D eigenvalue weighted by Gasteiger charge is 2.11. The van der Waals surface area contributed by atoms with E-state index < -0.39 is 10.0 Å². The Morgan fingerprint density at radius 1 is 1.27 bits per heavy atom. The second-order valence-corrected chi connectivity index (χ2v) is 4.60. The Hall–Kier alpha value is -1.27. The van der Waals surface area contributed by atoms with Gasteiger partial charge in [-0.15, -0.1) is 0 Å². The molecule has 0 aromatic heterocycles. The summed E-state index contributed by atoms with van der Waals surface area (Å²) in [5.41, 5.74) is 0.515. The smallest absolute Gasteiger partial charge is 0.213 e. The molecule has 0 heterocycles. The van der Waals surface area contributed by atoms with Crippen LogP contribution in [0.25, 0.3) is 0 Å². The highest BCUT2D eigenvalue weighted by molar-refractivity contribution is 7.88. The maximum absolute atomic E-state index is 10.9. The predicted octanol–water partition coefficient (Wildman–Crippen LogP) is 0.492. The van der Waals surface area contributed by atoms with E-state index in [0.717, 1.165) is 0 Å². The lowest BCUT2D eigenvalue weighted by Crippen LogP contribution is -2.15. The van der Waals surface area contributed by atoms with Crippen molar-refractivity contribution in [2.24, 2.45) is 5.14 Å². The quantitative estimate of drug-likeness (QED) is 0.818. The number of primary sulfonamides is 1. The summed E-state index contributed by atoms with van der Waals surface area (Å²) in [6.07, 6.45) is 0. The molecule has 0 bridgehead atoms. The average Bonchev–Trinajstić information content (AvgIpc) is 2.16. The van der Waals surface area contributed by atoms with Gasteiger partial charge in [-0.05, 0) is 6.07 Å². The Kier molecular flexibility index (Phi) is 3.54. The molecule has 0 saturated carbocycles. The summed E-state index contributed by atoms with van der Waals surface area (Å²) in [6, 6.07) is 4.88. The Bertz CT molecular complexity index is 441. The van der Waals surface area contributed by atoms with Crippen molar-refractivity contribution in [3.8, 4) is 11.5 Å². The zero-order valence-electron chi connectivity index (χ0n) is 8.56. The SMILES string of the molecule is COc1ccc(CS(N)(=O)=O)c(OC)c1. The molecule has 0 amide bonds. The van der Waals surface area contributed by atoms with Crippen molar-refractivity contribution in [2.75, 3.05) is 14.2 Å². The number of ether oxygens (including phenoxy) is 2. The molecule has 1 aromatic carbocycles. The van der Waals surface area contributed by atoms with Crippen LogP contribution in [0.2, 0.25) is 0 Å². The van der Waals surface area contributed by atoms with Crippen LogP contribution in [0.3, 0.4) is 0 Å². The maximum Gasteiger partial charge on any atom is 0.213 e. The number of rotatable bonds is 4. The molecule has 0 aliphatic carbocycles. The van der Waals surface area contributed by atoms with Crippen molar-refractivity contribution in [1.29, 1.82) is 0 Å². The van der Waals surface area contributed by atoms with E-state index in [0.29, 0.717) is 17.1 Å². The summed E-state index contributed by atoms with van der Waals surface area (Å²) < 4.78 is 31.8. The van der Waals surface area contributed by atoms with Crippen LogP contribution in [0, 0.1) is 0 Å². The number of hydrogen-bond acceptors (Lipinski definition) is 4. The number of methoxy groups -OCH3 is 2. The largest absolute Gasteiger partial charge is 0.497 e. The van der Waals surface area contributed by atoms with Gasteiger partial charge in [0.15, 0.2) is 0 Å². The second-order valence-electron chi connectivity index (χ2n) is 2.98. The van der Waals surface area contributed by atoms with Gasteiger partial charge < -0.3 is 9.47 Å². The molecule has 1 rings (SSSR count). The van der Waals surface area contributed by atoms with Gasteiger partial charge in [0.05, 0.1) is 20.0 Å². The minimum absolute atomic E-state index is 0.250. The Labute approximate surface area is 88.9 Å². The van der Waals surface area contributed by atoms with Crippen molar-refractivity contribution in [3.05, 3.63) is 23.8 Å². The Balaban J connectivity index is 3.08. The first-order chi connectivity index (χ1) is 6.96. The fraction of sp³-hybridized carbons (Fsp3) is 0.333. The third kappa shape index (κ3) is 3.41. The fourth-order valence-electron chi connectivity index (χ4n) is 1.19. The minimum Gasteiger partial charge on any atom is -0.497 e.